The summed E-state index contributed by atoms with van der Waals surface area (Å²) in [7, 11) is 0. The maximum absolute atomic E-state index is 10.9. The molecule has 88 valence electrons. The first kappa shape index (κ1) is 10.5. The summed E-state index contributed by atoms with van der Waals surface area (Å²) in [5.74, 6) is 0.829. The highest BCUT2D eigenvalue weighted by Gasteiger charge is 2.10. The fourth-order valence-corrected chi connectivity index (χ4v) is 1.84. The van der Waals surface area contributed by atoms with Crippen molar-refractivity contribution in [2.75, 3.05) is 0 Å². The van der Waals surface area contributed by atoms with Gasteiger partial charge in [0.15, 0.2) is 17.8 Å². The minimum Gasteiger partial charge on any atom is -0.508 e. The zero-order chi connectivity index (χ0) is 12.5. The average molecular weight is 239 g/mol. The van der Waals surface area contributed by atoms with E-state index in [4.69, 9.17) is 0 Å². The molecule has 0 amide bonds. The van der Waals surface area contributed by atoms with Crippen molar-refractivity contribution in [3.05, 3.63) is 48.2 Å². The van der Waals surface area contributed by atoms with Gasteiger partial charge in [-0.2, -0.15) is 0 Å². The molecule has 0 aliphatic heterocycles. The van der Waals surface area contributed by atoms with E-state index >= 15 is 0 Å². The van der Waals surface area contributed by atoms with Crippen molar-refractivity contribution in [1.29, 1.82) is 0 Å². The van der Waals surface area contributed by atoms with Gasteiger partial charge in [0.25, 0.3) is 0 Å². The lowest BCUT2D eigenvalue weighted by Gasteiger charge is -2.00. The molecule has 2 heterocycles. The van der Waals surface area contributed by atoms with Gasteiger partial charge in [-0.05, 0) is 36.4 Å². The number of phenols is 1. The molecule has 0 aliphatic rings. The molecule has 5 nitrogen and oxygen atoms in total. The summed E-state index contributed by atoms with van der Waals surface area (Å²) in [6.45, 7) is 0. The second-order valence-electron chi connectivity index (χ2n) is 3.85. The van der Waals surface area contributed by atoms with Crippen molar-refractivity contribution >= 4 is 11.9 Å². The van der Waals surface area contributed by atoms with E-state index in [1.54, 1.807) is 47.0 Å². The topological polar surface area (TPSA) is 67.5 Å². The van der Waals surface area contributed by atoms with Crippen LogP contribution in [0.15, 0.2) is 42.6 Å². The summed E-state index contributed by atoms with van der Waals surface area (Å²) in [5.41, 5.74) is 1.84. The Balaban J connectivity index is 2.24. The van der Waals surface area contributed by atoms with Crippen LogP contribution in [0.25, 0.3) is 17.0 Å². The Morgan fingerprint density at radius 1 is 1.11 bits per heavy atom. The van der Waals surface area contributed by atoms with Crippen LogP contribution >= 0.6 is 0 Å². The third-order valence-electron chi connectivity index (χ3n) is 2.72. The van der Waals surface area contributed by atoms with Gasteiger partial charge >= 0.3 is 0 Å². The van der Waals surface area contributed by atoms with Crippen molar-refractivity contribution in [3.63, 3.8) is 0 Å². The number of benzene rings is 1. The summed E-state index contributed by atoms with van der Waals surface area (Å²) in [6, 6.07) is 10.1. The quantitative estimate of drug-likeness (QED) is 0.694. The number of hydrogen-bond acceptors (Lipinski definition) is 4. The Hall–Kier alpha value is -2.69. The molecule has 5 heteroatoms. The van der Waals surface area contributed by atoms with E-state index in [9.17, 15) is 9.90 Å². The molecule has 0 unspecified atom stereocenters. The van der Waals surface area contributed by atoms with E-state index in [-0.39, 0.29) is 5.75 Å². The molecule has 3 aromatic rings. The van der Waals surface area contributed by atoms with E-state index < -0.39 is 0 Å². The highest BCUT2D eigenvalue weighted by molar-refractivity contribution is 5.84. The van der Waals surface area contributed by atoms with Crippen LogP contribution in [0, 0.1) is 0 Å². The van der Waals surface area contributed by atoms with Gasteiger partial charge in [0.05, 0.1) is 5.56 Å². The Morgan fingerprint density at radius 3 is 2.61 bits per heavy atom. The number of aldehydes is 1. The fourth-order valence-electron chi connectivity index (χ4n) is 1.84. The lowest BCUT2D eigenvalue weighted by atomic mass is 10.2. The molecule has 0 atom stereocenters. The molecule has 0 saturated carbocycles. The summed E-state index contributed by atoms with van der Waals surface area (Å²) < 4.78 is 1.75. The van der Waals surface area contributed by atoms with E-state index in [1.807, 2.05) is 0 Å². The minimum atomic E-state index is 0.196. The highest BCUT2D eigenvalue weighted by atomic mass is 16.3. The van der Waals surface area contributed by atoms with Crippen LogP contribution in [-0.2, 0) is 0 Å². The van der Waals surface area contributed by atoms with Crippen LogP contribution in [-0.4, -0.2) is 26.0 Å². The molecule has 0 radical (unpaired) electrons. The van der Waals surface area contributed by atoms with Gasteiger partial charge in [0.1, 0.15) is 5.75 Å². The Kier molecular flexibility index (Phi) is 2.30. The van der Waals surface area contributed by atoms with Gasteiger partial charge in [-0.1, -0.05) is 0 Å². The number of nitrogens with zero attached hydrogens (tertiary/aromatic N) is 3. The van der Waals surface area contributed by atoms with E-state index in [0.717, 1.165) is 11.8 Å². The summed E-state index contributed by atoms with van der Waals surface area (Å²) in [4.78, 5) is 10.9. The molecule has 0 aliphatic carbocycles. The summed E-state index contributed by atoms with van der Waals surface area (Å²) in [5, 5.41) is 17.3. The molecule has 0 bridgehead atoms. The monoisotopic (exact) mass is 239 g/mol. The largest absolute Gasteiger partial charge is 0.508 e. The molecular formula is C13H9N3O2. The van der Waals surface area contributed by atoms with Crippen LogP contribution in [0.2, 0.25) is 0 Å². The fraction of sp³-hybridized carbons (Fsp3) is 0. The second-order valence-corrected chi connectivity index (χ2v) is 3.85. The van der Waals surface area contributed by atoms with Crippen molar-refractivity contribution < 1.29 is 9.90 Å². The van der Waals surface area contributed by atoms with Gasteiger partial charge in [0, 0.05) is 11.8 Å². The lowest BCUT2D eigenvalue weighted by molar-refractivity contribution is 0.112. The van der Waals surface area contributed by atoms with Gasteiger partial charge in [-0.15, -0.1) is 10.2 Å². The SMILES string of the molecule is O=Cc1cccn2c(-c3ccc(O)cc3)nnc12. The first-order chi connectivity index (χ1) is 8.79. The summed E-state index contributed by atoms with van der Waals surface area (Å²) in [6.07, 6.45) is 2.55. The number of fused-ring (bicyclic) bond motifs is 1. The minimum absolute atomic E-state index is 0.196. The van der Waals surface area contributed by atoms with Crippen molar-refractivity contribution in [3.8, 4) is 17.1 Å². The van der Waals surface area contributed by atoms with Gasteiger partial charge < -0.3 is 5.11 Å². The number of phenolic OH excluding ortho intramolecular Hbond substituents is 1. The molecule has 3 rings (SSSR count). The van der Waals surface area contributed by atoms with Crippen LogP contribution in [0.5, 0.6) is 5.75 Å². The van der Waals surface area contributed by atoms with E-state index in [1.165, 1.54) is 0 Å². The predicted octanol–water partition coefficient (Wildman–Crippen LogP) is 1.91. The number of hydrogen-bond donors (Lipinski definition) is 1. The normalized spacial score (nSPS) is 10.7. The molecular weight excluding hydrogens is 230 g/mol. The highest BCUT2D eigenvalue weighted by Crippen LogP contribution is 2.21. The Bertz CT molecular complexity index is 717. The number of carbonyl (C=O) groups excluding carboxylic acids is 1. The Morgan fingerprint density at radius 2 is 1.89 bits per heavy atom. The maximum atomic E-state index is 10.9. The molecule has 0 spiro atoms. The molecule has 1 N–H and O–H groups in total. The smallest absolute Gasteiger partial charge is 0.171 e. The van der Waals surface area contributed by atoms with E-state index in [2.05, 4.69) is 10.2 Å². The molecule has 1 aromatic carbocycles. The van der Waals surface area contributed by atoms with Crippen LogP contribution in [0.3, 0.4) is 0 Å². The number of carbonyl (C=O) groups is 1. The third-order valence-corrected chi connectivity index (χ3v) is 2.72. The van der Waals surface area contributed by atoms with Crippen molar-refractivity contribution in [1.82, 2.24) is 14.6 Å². The Labute approximate surface area is 102 Å². The lowest BCUT2D eigenvalue weighted by Crippen LogP contribution is -1.92. The van der Waals surface area contributed by atoms with Gasteiger partial charge in [0.2, 0.25) is 0 Å². The first-order valence-electron chi connectivity index (χ1n) is 5.38. The third kappa shape index (κ3) is 1.53. The zero-order valence-electron chi connectivity index (χ0n) is 9.32. The first-order valence-corrected chi connectivity index (χ1v) is 5.38. The second kappa shape index (κ2) is 3.96. The predicted molar refractivity (Wildman–Crippen MR) is 65.5 cm³/mol. The van der Waals surface area contributed by atoms with E-state index in [0.29, 0.717) is 17.0 Å². The maximum Gasteiger partial charge on any atom is 0.171 e. The van der Waals surface area contributed by atoms with Gasteiger partial charge in [-0.3, -0.25) is 9.20 Å². The van der Waals surface area contributed by atoms with Crippen LogP contribution in [0.1, 0.15) is 10.4 Å². The molecule has 0 fully saturated rings. The number of aromatic hydroxyl groups is 1. The van der Waals surface area contributed by atoms with Crippen molar-refractivity contribution in [2.24, 2.45) is 0 Å². The van der Waals surface area contributed by atoms with Crippen LogP contribution < -0.4 is 0 Å². The zero-order valence-corrected chi connectivity index (χ0v) is 9.32. The number of pyridine rings is 1. The molecule has 2 aromatic heterocycles. The number of rotatable bonds is 2. The average Bonchev–Trinajstić information content (AvgIpc) is 2.83. The van der Waals surface area contributed by atoms with Crippen molar-refractivity contribution in [2.45, 2.75) is 0 Å². The molecule has 0 saturated heterocycles. The van der Waals surface area contributed by atoms with Gasteiger partial charge in [-0.25, -0.2) is 0 Å². The number of aromatic nitrogens is 3. The van der Waals surface area contributed by atoms with Crippen LogP contribution in [0.4, 0.5) is 0 Å². The molecule has 18 heavy (non-hydrogen) atoms. The standard InChI is InChI=1S/C13H9N3O2/c17-8-10-2-1-7-16-12(14-15-13(10)16)9-3-5-11(18)6-4-9/h1-8,18H. The summed E-state index contributed by atoms with van der Waals surface area (Å²) >= 11 is 0.